The van der Waals surface area contributed by atoms with Gasteiger partial charge in [-0.15, -0.1) is 0 Å². The zero-order valence-corrected chi connectivity index (χ0v) is 14.5. The zero-order chi connectivity index (χ0) is 16.8. The van der Waals surface area contributed by atoms with Gasteiger partial charge in [0.15, 0.2) is 5.79 Å². The third kappa shape index (κ3) is 4.08. The molecule has 24 heavy (non-hydrogen) atoms. The van der Waals surface area contributed by atoms with E-state index in [0.29, 0.717) is 18.7 Å². The Morgan fingerprint density at radius 3 is 2.46 bits per heavy atom. The first-order valence-electron chi connectivity index (χ1n) is 9.02. The molecule has 3 rings (SSSR count). The predicted octanol–water partition coefficient (Wildman–Crippen LogP) is 3.23. The van der Waals surface area contributed by atoms with Gasteiger partial charge in [0.05, 0.1) is 19.8 Å². The fraction of sp³-hybridized carbons (Fsp3) is 0.632. The minimum atomic E-state index is -0.452. The van der Waals surface area contributed by atoms with Crippen LogP contribution in [0.3, 0.4) is 0 Å². The lowest BCUT2D eigenvalue weighted by molar-refractivity contribution is -0.281. The van der Waals surface area contributed by atoms with Crippen LogP contribution in [0.1, 0.15) is 49.4 Å². The van der Waals surface area contributed by atoms with Crippen molar-refractivity contribution in [1.82, 2.24) is 4.90 Å². The molecule has 2 heterocycles. The summed E-state index contributed by atoms with van der Waals surface area (Å²) < 4.78 is 17.3. The van der Waals surface area contributed by atoms with Crippen molar-refractivity contribution in [3.8, 4) is 5.75 Å². The largest absolute Gasteiger partial charge is 0.494 e. The van der Waals surface area contributed by atoms with E-state index in [1.165, 1.54) is 0 Å². The summed E-state index contributed by atoms with van der Waals surface area (Å²) in [6.07, 6.45) is 4.60. The molecule has 2 aliphatic heterocycles. The summed E-state index contributed by atoms with van der Waals surface area (Å²) in [6.45, 7) is 5.72. The summed E-state index contributed by atoms with van der Waals surface area (Å²) in [5.74, 6) is 0.439. The molecule has 2 aliphatic rings. The van der Waals surface area contributed by atoms with Crippen LogP contribution in [0.2, 0.25) is 0 Å². The number of piperidine rings is 1. The molecule has 1 spiro atoms. The summed E-state index contributed by atoms with van der Waals surface area (Å²) in [5.41, 5.74) is 0.708. The lowest BCUT2D eigenvalue weighted by atomic mass is 10.0. The monoisotopic (exact) mass is 333 g/mol. The van der Waals surface area contributed by atoms with Crippen molar-refractivity contribution in [3.63, 3.8) is 0 Å². The van der Waals surface area contributed by atoms with Gasteiger partial charge in [0.2, 0.25) is 0 Å². The number of unbranched alkanes of at least 4 members (excludes halogenated alkanes) is 1. The summed E-state index contributed by atoms with van der Waals surface area (Å²) in [6, 6.07) is 7.45. The van der Waals surface area contributed by atoms with Crippen molar-refractivity contribution < 1.29 is 19.0 Å². The Hall–Kier alpha value is -1.59. The van der Waals surface area contributed by atoms with E-state index in [1.807, 2.05) is 29.2 Å². The topological polar surface area (TPSA) is 48.0 Å². The first kappa shape index (κ1) is 17.2. The predicted molar refractivity (Wildman–Crippen MR) is 91.2 cm³/mol. The van der Waals surface area contributed by atoms with E-state index in [-0.39, 0.29) is 5.91 Å². The van der Waals surface area contributed by atoms with E-state index in [4.69, 9.17) is 14.2 Å². The normalized spacial score (nSPS) is 20.1. The second-order valence-corrected chi connectivity index (χ2v) is 6.48. The van der Waals surface area contributed by atoms with Crippen LogP contribution in [0.5, 0.6) is 5.75 Å². The number of carbonyl (C=O) groups is 1. The Morgan fingerprint density at radius 1 is 1.17 bits per heavy atom. The Balaban J connectivity index is 1.53. The molecule has 132 valence electrons. The maximum atomic E-state index is 12.6. The van der Waals surface area contributed by atoms with Gasteiger partial charge in [0.1, 0.15) is 5.75 Å². The van der Waals surface area contributed by atoms with Crippen molar-refractivity contribution in [2.75, 3.05) is 32.9 Å². The molecule has 0 bridgehead atoms. The van der Waals surface area contributed by atoms with Gasteiger partial charge in [-0.1, -0.05) is 13.3 Å². The number of hydrogen-bond donors (Lipinski definition) is 0. The molecule has 0 aliphatic carbocycles. The average molecular weight is 333 g/mol. The van der Waals surface area contributed by atoms with Gasteiger partial charge < -0.3 is 19.1 Å². The Kier molecular flexibility index (Phi) is 5.74. The van der Waals surface area contributed by atoms with Gasteiger partial charge in [-0.25, -0.2) is 0 Å². The van der Waals surface area contributed by atoms with Crippen LogP contribution in [0.25, 0.3) is 0 Å². The molecule has 1 aromatic rings. The van der Waals surface area contributed by atoms with Crippen LogP contribution in [0, 0.1) is 0 Å². The van der Waals surface area contributed by atoms with Crippen molar-refractivity contribution >= 4 is 5.91 Å². The van der Waals surface area contributed by atoms with Crippen LogP contribution < -0.4 is 4.74 Å². The number of hydrogen-bond acceptors (Lipinski definition) is 4. The van der Waals surface area contributed by atoms with Gasteiger partial charge in [0, 0.05) is 31.5 Å². The lowest BCUT2D eigenvalue weighted by Gasteiger charge is -2.43. The van der Waals surface area contributed by atoms with E-state index >= 15 is 0 Å². The first-order valence-corrected chi connectivity index (χ1v) is 9.02. The molecule has 5 nitrogen and oxygen atoms in total. The quantitative estimate of drug-likeness (QED) is 0.776. The molecule has 2 saturated heterocycles. The summed E-state index contributed by atoms with van der Waals surface area (Å²) in [5, 5.41) is 0. The molecular weight excluding hydrogens is 306 g/mol. The standard InChI is InChI=1S/C19H27NO4/c1-2-3-13-22-17-7-5-16(6-8-17)18(21)20-11-9-19(10-12-20)23-14-4-15-24-19/h5-8H,2-4,9-15H2,1H3. The second-order valence-electron chi connectivity index (χ2n) is 6.48. The summed E-state index contributed by atoms with van der Waals surface area (Å²) >= 11 is 0. The number of benzene rings is 1. The van der Waals surface area contributed by atoms with E-state index in [1.54, 1.807) is 0 Å². The summed E-state index contributed by atoms with van der Waals surface area (Å²) in [4.78, 5) is 14.5. The van der Waals surface area contributed by atoms with E-state index in [0.717, 1.165) is 57.7 Å². The number of amides is 1. The van der Waals surface area contributed by atoms with Gasteiger partial charge in [-0.2, -0.15) is 0 Å². The van der Waals surface area contributed by atoms with E-state index < -0.39 is 5.79 Å². The van der Waals surface area contributed by atoms with Gasteiger partial charge in [-0.3, -0.25) is 4.79 Å². The Bertz CT molecular complexity index is 527. The number of rotatable bonds is 5. The molecule has 0 saturated carbocycles. The highest BCUT2D eigenvalue weighted by Crippen LogP contribution is 2.31. The third-order valence-corrected chi connectivity index (χ3v) is 4.70. The van der Waals surface area contributed by atoms with Crippen molar-refractivity contribution in [3.05, 3.63) is 29.8 Å². The molecule has 1 amide bonds. The number of carbonyl (C=O) groups excluding carboxylic acids is 1. The van der Waals surface area contributed by atoms with Gasteiger partial charge >= 0.3 is 0 Å². The molecule has 0 aromatic heterocycles. The molecule has 0 atom stereocenters. The SMILES string of the molecule is CCCCOc1ccc(C(=O)N2CCC3(CC2)OCCCO3)cc1. The zero-order valence-electron chi connectivity index (χ0n) is 14.5. The molecular formula is C19H27NO4. The summed E-state index contributed by atoms with van der Waals surface area (Å²) in [7, 11) is 0. The smallest absolute Gasteiger partial charge is 0.253 e. The van der Waals surface area contributed by atoms with Crippen molar-refractivity contribution in [2.45, 2.75) is 44.8 Å². The van der Waals surface area contributed by atoms with Crippen LogP contribution >= 0.6 is 0 Å². The highest BCUT2D eigenvalue weighted by Gasteiger charge is 2.39. The molecule has 2 fully saturated rings. The minimum Gasteiger partial charge on any atom is -0.494 e. The highest BCUT2D eigenvalue weighted by molar-refractivity contribution is 5.94. The first-order chi connectivity index (χ1) is 11.7. The molecule has 1 aromatic carbocycles. The molecule has 0 unspecified atom stereocenters. The fourth-order valence-corrected chi connectivity index (χ4v) is 3.17. The number of nitrogens with zero attached hydrogens (tertiary/aromatic N) is 1. The Morgan fingerprint density at radius 2 is 1.83 bits per heavy atom. The second kappa shape index (κ2) is 7.99. The van der Waals surface area contributed by atoms with Gasteiger partial charge in [-0.05, 0) is 37.1 Å². The number of ether oxygens (including phenoxy) is 3. The van der Waals surface area contributed by atoms with E-state index in [9.17, 15) is 4.79 Å². The van der Waals surface area contributed by atoms with Crippen LogP contribution in [-0.2, 0) is 9.47 Å². The van der Waals surface area contributed by atoms with Crippen molar-refractivity contribution in [2.24, 2.45) is 0 Å². The maximum Gasteiger partial charge on any atom is 0.253 e. The maximum absolute atomic E-state index is 12.6. The van der Waals surface area contributed by atoms with Crippen LogP contribution in [0.15, 0.2) is 24.3 Å². The average Bonchev–Trinajstić information content (AvgIpc) is 2.63. The Labute approximate surface area is 143 Å². The van der Waals surface area contributed by atoms with Crippen LogP contribution in [-0.4, -0.2) is 49.5 Å². The molecule has 0 radical (unpaired) electrons. The third-order valence-electron chi connectivity index (χ3n) is 4.70. The van der Waals surface area contributed by atoms with E-state index in [2.05, 4.69) is 6.92 Å². The lowest BCUT2D eigenvalue weighted by Crippen LogP contribution is -2.51. The molecule has 5 heteroatoms. The molecule has 0 N–H and O–H groups in total. The number of likely N-dealkylation sites (tertiary alicyclic amines) is 1. The highest BCUT2D eigenvalue weighted by atomic mass is 16.7. The van der Waals surface area contributed by atoms with Gasteiger partial charge in [0.25, 0.3) is 5.91 Å². The van der Waals surface area contributed by atoms with Crippen LogP contribution in [0.4, 0.5) is 0 Å². The minimum absolute atomic E-state index is 0.0702. The fourth-order valence-electron chi connectivity index (χ4n) is 3.17. The van der Waals surface area contributed by atoms with Crippen molar-refractivity contribution in [1.29, 1.82) is 0 Å².